The maximum atomic E-state index is 5.15. The summed E-state index contributed by atoms with van der Waals surface area (Å²) in [6.45, 7) is 14.6. The van der Waals surface area contributed by atoms with Gasteiger partial charge in [-0.2, -0.15) is 0 Å². The molecule has 0 saturated carbocycles. The van der Waals surface area contributed by atoms with E-state index in [1.54, 1.807) is 0 Å². The molecule has 8 aromatic carbocycles. The van der Waals surface area contributed by atoms with Crippen molar-refractivity contribution in [3.63, 3.8) is 0 Å². The van der Waals surface area contributed by atoms with Gasteiger partial charge in [-0.1, -0.05) is 195 Å². The van der Waals surface area contributed by atoms with E-state index in [1.807, 2.05) is 36.4 Å². The molecule has 0 N–H and O–H groups in total. The molecular weight excluding hydrogens is 711 g/mol. The molecular formula is C51H45N3Si2. The van der Waals surface area contributed by atoms with Gasteiger partial charge in [-0.25, -0.2) is 15.0 Å². The van der Waals surface area contributed by atoms with Crippen LogP contribution in [0.25, 0.3) is 88.7 Å². The zero-order chi connectivity index (χ0) is 38.6. The summed E-state index contributed by atoms with van der Waals surface area (Å²) >= 11 is 0. The van der Waals surface area contributed by atoms with Crippen molar-refractivity contribution in [3.8, 4) is 56.4 Å². The Morgan fingerprint density at radius 1 is 0.268 bits per heavy atom. The van der Waals surface area contributed by atoms with E-state index in [9.17, 15) is 0 Å². The van der Waals surface area contributed by atoms with Crippen molar-refractivity contribution in [3.05, 3.63) is 164 Å². The molecule has 1 aromatic heterocycles. The summed E-state index contributed by atoms with van der Waals surface area (Å²) in [6.07, 6.45) is 0. The standard InChI is InChI=1S/C51H45N3Si2/c1-55(2,3)41-29-37(36-25-26-47-45-23-14-13-21-43(45)44-22-15-16-24-46(44)48(47)33-36)27-38(30-41)39-28-40(32-42(31-39)56(4,5)6)51-53-49(34-17-9-7-10-18-34)52-50(54-51)35-19-11-8-12-20-35/h7-33H,1-6H3. The third kappa shape index (κ3) is 6.78. The number of fused-ring (bicyclic) bond motifs is 6. The van der Waals surface area contributed by atoms with Gasteiger partial charge in [0, 0.05) is 16.7 Å². The average Bonchev–Trinajstić information content (AvgIpc) is 3.23. The maximum Gasteiger partial charge on any atom is 0.164 e. The minimum atomic E-state index is -1.79. The quantitative estimate of drug-likeness (QED) is 0.120. The van der Waals surface area contributed by atoms with Gasteiger partial charge in [0.2, 0.25) is 0 Å². The molecule has 1 heterocycles. The first-order valence-corrected chi connectivity index (χ1v) is 26.5. The third-order valence-corrected chi connectivity index (χ3v) is 15.0. The molecule has 0 atom stereocenters. The van der Waals surface area contributed by atoms with Crippen molar-refractivity contribution in [1.29, 1.82) is 0 Å². The second-order valence-corrected chi connectivity index (χ2v) is 27.1. The van der Waals surface area contributed by atoms with Crippen molar-refractivity contribution < 1.29 is 0 Å². The van der Waals surface area contributed by atoms with Gasteiger partial charge in [0.05, 0.1) is 16.1 Å². The summed E-state index contributed by atoms with van der Waals surface area (Å²) in [5.74, 6) is 2.04. The molecule has 0 aliphatic carbocycles. The van der Waals surface area contributed by atoms with Crippen LogP contribution < -0.4 is 10.4 Å². The van der Waals surface area contributed by atoms with Gasteiger partial charge in [-0.15, -0.1) is 0 Å². The molecule has 3 nitrogen and oxygen atoms in total. The normalized spacial score (nSPS) is 12.1. The van der Waals surface area contributed by atoms with Gasteiger partial charge >= 0.3 is 0 Å². The Kier molecular flexibility index (Phi) is 8.87. The third-order valence-electron chi connectivity index (χ3n) is 11.0. The first-order chi connectivity index (χ1) is 27.0. The fourth-order valence-corrected chi connectivity index (χ4v) is 10.1. The second kappa shape index (κ2) is 13.9. The Hall–Kier alpha value is -6.02. The Bertz CT molecular complexity index is 2830. The lowest BCUT2D eigenvalue weighted by atomic mass is 9.91. The summed E-state index contributed by atoms with van der Waals surface area (Å²) in [7, 11) is -3.52. The van der Waals surface area contributed by atoms with E-state index >= 15 is 0 Å². The van der Waals surface area contributed by atoms with Crippen LogP contribution in [0.15, 0.2) is 164 Å². The Labute approximate surface area is 331 Å². The van der Waals surface area contributed by atoms with Gasteiger partial charge in [0.1, 0.15) is 0 Å². The maximum absolute atomic E-state index is 5.15. The van der Waals surface area contributed by atoms with E-state index in [1.165, 1.54) is 64.9 Å². The highest BCUT2D eigenvalue weighted by Gasteiger charge is 2.23. The van der Waals surface area contributed by atoms with Crippen molar-refractivity contribution in [2.75, 3.05) is 0 Å². The predicted octanol–water partition coefficient (Wildman–Crippen LogP) is 12.8. The topological polar surface area (TPSA) is 38.7 Å². The molecule has 5 heteroatoms. The van der Waals surface area contributed by atoms with Crippen molar-refractivity contribution in [2.45, 2.75) is 39.3 Å². The Balaban J connectivity index is 1.25. The van der Waals surface area contributed by atoms with Crippen LogP contribution in [0.1, 0.15) is 0 Å². The summed E-state index contributed by atoms with van der Waals surface area (Å²) < 4.78 is 0. The smallest absolute Gasteiger partial charge is 0.164 e. The zero-order valence-electron chi connectivity index (χ0n) is 32.9. The molecule has 0 aliphatic heterocycles. The van der Waals surface area contributed by atoms with E-state index in [0.717, 1.165) is 16.7 Å². The van der Waals surface area contributed by atoms with Crippen LogP contribution in [0.3, 0.4) is 0 Å². The van der Waals surface area contributed by atoms with Crippen LogP contribution in [0.4, 0.5) is 0 Å². The zero-order valence-corrected chi connectivity index (χ0v) is 34.9. The molecule has 0 spiro atoms. The SMILES string of the molecule is C[Si](C)(C)c1cc(-c2cc(-c3nc(-c4ccccc4)nc(-c4ccccc4)n3)cc([Si](C)(C)C)c2)cc(-c2ccc3c4ccccc4c4ccccc4c3c2)c1. The first kappa shape index (κ1) is 35.7. The molecule has 9 rings (SSSR count). The van der Waals surface area contributed by atoms with E-state index in [2.05, 4.69) is 167 Å². The molecule has 0 aliphatic rings. The molecule has 0 bridgehead atoms. The molecule has 272 valence electrons. The van der Waals surface area contributed by atoms with Gasteiger partial charge in [0.25, 0.3) is 0 Å². The monoisotopic (exact) mass is 755 g/mol. The van der Waals surface area contributed by atoms with Gasteiger partial charge in [0.15, 0.2) is 17.5 Å². The Morgan fingerprint density at radius 2 is 0.607 bits per heavy atom. The van der Waals surface area contributed by atoms with Crippen LogP contribution >= 0.6 is 0 Å². The molecule has 9 aromatic rings. The van der Waals surface area contributed by atoms with E-state index in [4.69, 9.17) is 15.0 Å². The lowest BCUT2D eigenvalue weighted by Crippen LogP contribution is -2.38. The van der Waals surface area contributed by atoms with E-state index < -0.39 is 16.1 Å². The van der Waals surface area contributed by atoms with Crippen molar-refractivity contribution in [1.82, 2.24) is 15.0 Å². The Morgan fingerprint density at radius 3 is 1.05 bits per heavy atom. The second-order valence-electron chi connectivity index (χ2n) is 17.0. The minimum absolute atomic E-state index is 0.675. The number of hydrogen-bond donors (Lipinski definition) is 0. The summed E-state index contributed by atoms with van der Waals surface area (Å²) in [4.78, 5) is 15.3. The molecule has 0 radical (unpaired) electrons. The highest BCUT2D eigenvalue weighted by atomic mass is 28.3. The van der Waals surface area contributed by atoms with Gasteiger partial charge in [-0.3, -0.25) is 0 Å². The number of rotatable bonds is 7. The van der Waals surface area contributed by atoms with Crippen LogP contribution in [0.2, 0.25) is 39.3 Å². The van der Waals surface area contributed by atoms with Crippen LogP contribution in [-0.2, 0) is 0 Å². The average molecular weight is 756 g/mol. The van der Waals surface area contributed by atoms with E-state index in [-0.39, 0.29) is 0 Å². The summed E-state index contributed by atoms with van der Waals surface area (Å²) in [5, 5.41) is 10.6. The first-order valence-electron chi connectivity index (χ1n) is 19.5. The fraction of sp³-hybridized carbons (Fsp3) is 0.118. The molecule has 0 fully saturated rings. The van der Waals surface area contributed by atoms with Gasteiger partial charge in [-0.05, 0) is 72.8 Å². The lowest BCUT2D eigenvalue weighted by Gasteiger charge is -2.22. The number of benzene rings is 8. The predicted molar refractivity (Wildman–Crippen MR) is 245 cm³/mol. The number of aromatic nitrogens is 3. The lowest BCUT2D eigenvalue weighted by molar-refractivity contribution is 1.07. The van der Waals surface area contributed by atoms with Crippen LogP contribution in [-0.4, -0.2) is 31.1 Å². The number of nitrogens with zero attached hydrogens (tertiary/aromatic N) is 3. The van der Waals surface area contributed by atoms with E-state index in [0.29, 0.717) is 17.5 Å². The summed E-state index contributed by atoms with van der Waals surface area (Å²) in [5.41, 5.74) is 7.86. The molecule has 0 amide bonds. The molecule has 0 unspecified atom stereocenters. The van der Waals surface area contributed by atoms with Gasteiger partial charge < -0.3 is 0 Å². The van der Waals surface area contributed by atoms with Crippen molar-refractivity contribution in [2.24, 2.45) is 0 Å². The molecule has 56 heavy (non-hydrogen) atoms. The largest absolute Gasteiger partial charge is 0.208 e. The van der Waals surface area contributed by atoms with Crippen molar-refractivity contribution >= 4 is 58.8 Å². The minimum Gasteiger partial charge on any atom is -0.208 e. The number of hydrogen-bond acceptors (Lipinski definition) is 3. The molecule has 0 saturated heterocycles. The fourth-order valence-electron chi connectivity index (χ4n) is 7.78. The van der Waals surface area contributed by atoms with Crippen LogP contribution in [0, 0.1) is 0 Å². The highest BCUT2D eigenvalue weighted by molar-refractivity contribution is 6.89. The summed E-state index contributed by atoms with van der Waals surface area (Å²) in [6, 6.07) is 59.6. The highest BCUT2D eigenvalue weighted by Crippen LogP contribution is 2.38. The van der Waals surface area contributed by atoms with Crippen LogP contribution in [0.5, 0.6) is 0 Å².